The van der Waals surface area contributed by atoms with Gasteiger partial charge in [0.25, 0.3) is 5.91 Å². The number of phenols is 1. The average molecular weight is 552 g/mol. The highest BCUT2D eigenvalue weighted by molar-refractivity contribution is 6.25. The monoisotopic (exact) mass is 551 g/mol. The number of nitrogens with two attached hydrogens (primary N) is 1. The first kappa shape index (κ1) is 28.5. The molecule has 1 amide bonds. The van der Waals surface area contributed by atoms with Crippen LogP contribution in [0.2, 0.25) is 0 Å². The summed E-state index contributed by atoms with van der Waals surface area (Å²) in [7, 11) is 3.72. The lowest BCUT2D eigenvalue weighted by Crippen LogP contribution is -2.58. The quantitative estimate of drug-likeness (QED) is 0.525. The molecule has 0 heterocycles. The minimum Gasteiger partial charge on any atom is -0.507 e. The van der Waals surface area contributed by atoms with Crippen LogP contribution in [0.4, 0.5) is 0 Å². The maximum Gasteiger partial charge on any atom is 0.252 e. The molecule has 3 N–H and O–H groups in total. The number of carbonyl (C=O) groups excluding carboxylic acids is 3. The summed E-state index contributed by atoms with van der Waals surface area (Å²) in [6.45, 7) is 9.87. The molecule has 2 aromatic carbocycles. The number of hydrogen-bond acceptors (Lipinski definition) is 6. The van der Waals surface area contributed by atoms with Gasteiger partial charge in [-0.25, -0.2) is 0 Å². The van der Waals surface area contributed by atoms with Crippen LogP contribution in [0.1, 0.15) is 62.5 Å². The molecule has 212 valence electrons. The van der Waals surface area contributed by atoms with E-state index in [4.69, 9.17) is 5.73 Å². The van der Waals surface area contributed by atoms with E-state index in [9.17, 15) is 24.8 Å². The number of hydrogen-bond donors (Lipinski definition) is 2. The van der Waals surface area contributed by atoms with Gasteiger partial charge in [-0.05, 0) is 91.6 Å². The summed E-state index contributed by atoms with van der Waals surface area (Å²) in [4.78, 5) is 42.6. The second-order valence-corrected chi connectivity index (χ2v) is 13.0. The first-order valence-corrected chi connectivity index (χ1v) is 14.0. The van der Waals surface area contributed by atoms with Crippen LogP contribution in [0.3, 0.4) is 0 Å². The van der Waals surface area contributed by atoms with Crippen molar-refractivity contribution in [3.05, 3.63) is 75.4 Å². The molecular formula is C34H37N3O4. The molecule has 0 bridgehead atoms. The topological polar surface area (TPSA) is 124 Å². The van der Waals surface area contributed by atoms with Crippen LogP contribution in [0, 0.1) is 28.6 Å². The third-order valence-corrected chi connectivity index (χ3v) is 9.56. The van der Waals surface area contributed by atoms with E-state index in [-0.39, 0.29) is 34.0 Å². The lowest BCUT2D eigenvalue weighted by Gasteiger charge is -2.52. The number of carbonyl (C=O) groups is 3. The summed E-state index contributed by atoms with van der Waals surface area (Å²) >= 11 is 0. The zero-order valence-corrected chi connectivity index (χ0v) is 24.8. The Kier molecular flexibility index (Phi) is 6.62. The van der Waals surface area contributed by atoms with Crippen molar-refractivity contribution in [2.24, 2.45) is 23.0 Å². The Balaban J connectivity index is 1.71. The zero-order chi connectivity index (χ0) is 30.2. The number of nitriles is 1. The molecule has 7 heteroatoms. The molecule has 41 heavy (non-hydrogen) atoms. The Hall–Kier alpha value is -4.02. The van der Waals surface area contributed by atoms with E-state index in [0.29, 0.717) is 29.6 Å². The van der Waals surface area contributed by atoms with Crippen LogP contribution < -0.4 is 5.73 Å². The fourth-order valence-corrected chi connectivity index (χ4v) is 7.64. The number of rotatable bonds is 3. The lowest BCUT2D eigenvalue weighted by atomic mass is 9.51. The molecule has 0 spiro atoms. The molecular weight excluding hydrogens is 514 g/mol. The number of allylic oxidation sites excluding steroid dienone is 2. The van der Waals surface area contributed by atoms with E-state index >= 15 is 0 Å². The molecule has 0 saturated carbocycles. The summed E-state index contributed by atoms with van der Waals surface area (Å²) in [5, 5.41) is 21.6. The van der Waals surface area contributed by atoms with E-state index in [0.717, 1.165) is 16.7 Å². The van der Waals surface area contributed by atoms with Gasteiger partial charge in [0.1, 0.15) is 11.2 Å². The maximum atomic E-state index is 14.2. The van der Waals surface area contributed by atoms with Gasteiger partial charge in [0, 0.05) is 17.5 Å². The van der Waals surface area contributed by atoms with Crippen molar-refractivity contribution in [2.75, 3.05) is 14.1 Å². The molecule has 7 nitrogen and oxygen atoms in total. The summed E-state index contributed by atoms with van der Waals surface area (Å²) in [6.07, 6.45) is 0.887. The van der Waals surface area contributed by atoms with E-state index in [1.54, 1.807) is 13.8 Å². The number of fused-ring (bicyclic) bond motifs is 3. The predicted octanol–water partition coefficient (Wildman–Crippen LogP) is 4.87. The third-order valence-electron chi connectivity index (χ3n) is 9.56. The van der Waals surface area contributed by atoms with Crippen molar-refractivity contribution in [1.82, 2.24) is 4.90 Å². The molecule has 1 unspecified atom stereocenters. The first-order valence-electron chi connectivity index (χ1n) is 14.0. The van der Waals surface area contributed by atoms with Gasteiger partial charge in [0.2, 0.25) is 0 Å². The van der Waals surface area contributed by atoms with Gasteiger partial charge in [-0.3, -0.25) is 14.4 Å². The van der Waals surface area contributed by atoms with Crippen LogP contribution in [-0.4, -0.2) is 47.6 Å². The number of primary amides is 1. The smallest absolute Gasteiger partial charge is 0.252 e. The minimum absolute atomic E-state index is 0.00317. The SMILES string of the molecule is CC1=C(C(N)=O)C(=O)[C@@]2(C#N)C(C)=C3C(=O)c4c(O)ccc(-c5ccc(C(C)(C)C)cc5)c4C[C@H]3C[C@H]2C1N(C)C. The van der Waals surface area contributed by atoms with E-state index in [1.165, 1.54) is 11.6 Å². The number of aromatic hydroxyl groups is 1. The molecule has 0 radical (unpaired) electrons. The molecule has 0 saturated heterocycles. The van der Waals surface area contributed by atoms with Crippen LogP contribution in [0.25, 0.3) is 11.1 Å². The van der Waals surface area contributed by atoms with Gasteiger partial charge in [-0.15, -0.1) is 0 Å². The van der Waals surface area contributed by atoms with Gasteiger partial charge in [-0.2, -0.15) is 5.26 Å². The molecule has 5 rings (SSSR count). The van der Waals surface area contributed by atoms with Gasteiger partial charge in [0.15, 0.2) is 11.6 Å². The van der Waals surface area contributed by atoms with E-state index in [1.807, 2.05) is 25.1 Å². The van der Waals surface area contributed by atoms with Crippen molar-refractivity contribution in [1.29, 1.82) is 5.26 Å². The first-order chi connectivity index (χ1) is 19.2. The van der Waals surface area contributed by atoms with Crippen LogP contribution >= 0.6 is 0 Å². The van der Waals surface area contributed by atoms with E-state index < -0.39 is 29.1 Å². The number of nitrogens with zero attached hydrogens (tertiary/aromatic N) is 2. The van der Waals surface area contributed by atoms with Crippen molar-refractivity contribution in [2.45, 2.75) is 58.9 Å². The standard InChI is InChI=1S/C34H37N3O4/c1-17-26(32(36)41)31(40)34(16-35)18(2)27-20(15-24(34)29(17)37(6)7)14-23-22(12-13-25(38)28(23)30(27)39)19-8-10-21(11-9-19)33(3,4)5/h8-13,20,24,29,38H,14-15H2,1-7H3,(H2,36,41)/t20-,24-,29?,34-/m0/s1. The summed E-state index contributed by atoms with van der Waals surface area (Å²) in [5.74, 6) is -2.73. The highest BCUT2D eigenvalue weighted by atomic mass is 16.3. The third kappa shape index (κ3) is 3.99. The summed E-state index contributed by atoms with van der Waals surface area (Å²) in [5.41, 5.74) is 9.15. The number of amides is 1. The highest BCUT2D eigenvalue weighted by Gasteiger charge is 2.61. The van der Waals surface area contributed by atoms with Gasteiger partial charge >= 0.3 is 0 Å². The second-order valence-electron chi connectivity index (χ2n) is 13.0. The number of Topliss-reactive ketones (excluding diaryl/α,β-unsaturated/α-hetero) is 2. The van der Waals surface area contributed by atoms with E-state index in [2.05, 4.69) is 51.1 Å². The summed E-state index contributed by atoms with van der Waals surface area (Å²) in [6, 6.07) is 13.6. The van der Waals surface area contributed by atoms with Crippen molar-refractivity contribution in [3.63, 3.8) is 0 Å². The van der Waals surface area contributed by atoms with Crippen molar-refractivity contribution < 1.29 is 19.5 Å². The van der Waals surface area contributed by atoms with Gasteiger partial charge < -0.3 is 15.7 Å². The van der Waals surface area contributed by atoms with Crippen molar-refractivity contribution >= 4 is 17.5 Å². The molecule has 4 atom stereocenters. The fraction of sp³-hybridized carbons (Fsp3) is 0.412. The zero-order valence-electron chi connectivity index (χ0n) is 24.8. The van der Waals surface area contributed by atoms with Gasteiger partial charge in [-0.1, -0.05) is 51.1 Å². The maximum absolute atomic E-state index is 14.2. The minimum atomic E-state index is -1.70. The second kappa shape index (κ2) is 9.53. The molecule has 0 aliphatic heterocycles. The molecule has 0 fully saturated rings. The Morgan fingerprint density at radius 3 is 2.27 bits per heavy atom. The Morgan fingerprint density at radius 2 is 1.73 bits per heavy atom. The summed E-state index contributed by atoms with van der Waals surface area (Å²) < 4.78 is 0. The highest BCUT2D eigenvalue weighted by Crippen LogP contribution is 2.57. The fourth-order valence-electron chi connectivity index (χ4n) is 7.64. The normalized spacial score (nSPS) is 26.0. The predicted molar refractivity (Wildman–Crippen MR) is 157 cm³/mol. The Bertz CT molecular complexity index is 1610. The number of likely N-dealkylation sites (N-methyl/N-ethyl adjacent to an activating group) is 1. The largest absolute Gasteiger partial charge is 0.507 e. The number of phenolic OH excluding ortho intramolecular Hbond substituents is 1. The average Bonchev–Trinajstić information content (AvgIpc) is 2.88. The van der Waals surface area contributed by atoms with Crippen LogP contribution in [0.5, 0.6) is 5.75 Å². The lowest BCUT2D eigenvalue weighted by molar-refractivity contribution is -0.128. The molecule has 0 aromatic heterocycles. The molecule has 2 aromatic rings. The van der Waals surface area contributed by atoms with Crippen LogP contribution in [0.15, 0.2) is 58.7 Å². The number of benzene rings is 2. The van der Waals surface area contributed by atoms with Gasteiger partial charge in [0.05, 0.1) is 17.2 Å². The van der Waals surface area contributed by atoms with Crippen LogP contribution in [-0.2, 0) is 21.4 Å². The molecule has 3 aliphatic rings. The molecule has 3 aliphatic carbocycles. The Labute approximate surface area is 241 Å². The van der Waals surface area contributed by atoms with Crippen molar-refractivity contribution in [3.8, 4) is 22.9 Å². The Morgan fingerprint density at radius 1 is 1.10 bits per heavy atom. The number of ketones is 2.